The van der Waals surface area contributed by atoms with Gasteiger partial charge >= 0.3 is 0 Å². The number of benzene rings is 3. The Labute approximate surface area is 170 Å². The number of methoxy groups -OCH3 is 1. The first-order chi connectivity index (χ1) is 13.2. The Morgan fingerprint density at radius 2 is 1.48 bits per heavy atom. The molecule has 138 valence electrons. The molecule has 3 aromatic carbocycles. The molecule has 0 radical (unpaired) electrons. The van der Waals surface area contributed by atoms with Crippen molar-refractivity contribution in [2.45, 2.75) is 13.1 Å². The predicted octanol–water partition coefficient (Wildman–Crippen LogP) is 5.75. The third-order valence-corrected chi connectivity index (χ3v) is 4.72. The van der Waals surface area contributed by atoms with Crippen LogP contribution in [0.5, 0.6) is 5.75 Å². The van der Waals surface area contributed by atoms with Crippen LogP contribution in [0.2, 0.25) is 5.02 Å². The molecule has 5 heteroatoms. The van der Waals surface area contributed by atoms with Crippen molar-refractivity contribution in [1.29, 1.82) is 0 Å². The lowest BCUT2D eigenvalue weighted by Gasteiger charge is -2.27. The smallest absolute Gasteiger partial charge is 0.174 e. The van der Waals surface area contributed by atoms with Gasteiger partial charge in [-0.2, -0.15) is 0 Å². The summed E-state index contributed by atoms with van der Waals surface area (Å²) in [5.74, 6) is 0.695. The van der Waals surface area contributed by atoms with E-state index in [4.69, 9.17) is 28.6 Å². The van der Waals surface area contributed by atoms with E-state index in [0.717, 1.165) is 5.69 Å². The van der Waals surface area contributed by atoms with Crippen LogP contribution in [0.25, 0.3) is 0 Å². The van der Waals surface area contributed by atoms with Gasteiger partial charge in [-0.15, -0.1) is 0 Å². The summed E-state index contributed by atoms with van der Waals surface area (Å²) in [5, 5.41) is 4.53. The molecule has 0 unspecified atom stereocenters. The normalized spacial score (nSPS) is 10.3. The number of thiocarbonyl (C=S) groups is 1. The number of nitrogens with zero attached hydrogens (tertiary/aromatic N) is 1. The van der Waals surface area contributed by atoms with Crippen LogP contribution in [0.1, 0.15) is 11.1 Å². The van der Waals surface area contributed by atoms with Crippen molar-refractivity contribution in [2.24, 2.45) is 0 Å². The molecule has 0 saturated heterocycles. The van der Waals surface area contributed by atoms with Gasteiger partial charge < -0.3 is 15.0 Å². The molecule has 0 aliphatic heterocycles. The highest BCUT2D eigenvalue weighted by Gasteiger charge is 2.14. The van der Waals surface area contributed by atoms with Gasteiger partial charge in [0.2, 0.25) is 0 Å². The molecule has 0 aliphatic carbocycles. The Balaban J connectivity index is 1.83. The number of anilines is 1. The number of nitrogens with one attached hydrogen (secondary N) is 1. The second kappa shape index (κ2) is 9.40. The second-order valence-electron chi connectivity index (χ2n) is 6.10. The quantitative estimate of drug-likeness (QED) is 0.536. The van der Waals surface area contributed by atoms with Crippen molar-refractivity contribution in [3.05, 3.63) is 95.0 Å². The molecule has 0 atom stereocenters. The number of hydrogen-bond acceptors (Lipinski definition) is 2. The Bertz CT molecular complexity index is 846. The minimum atomic E-state index is 0.614. The second-order valence-corrected chi connectivity index (χ2v) is 6.93. The summed E-state index contributed by atoms with van der Waals surface area (Å²) in [6.07, 6.45) is 0. The SMILES string of the molecule is COc1ccc(Cl)cc1NC(=S)N(Cc1ccccc1)Cc1ccccc1. The van der Waals surface area contributed by atoms with E-state index in [1.165, 1.54) is 11.1 Å². The molecule has 0 aliphatic rings. The molecular formula is C22H21ClN2OS. The molecule has 0 bridgehead atoms. The summed E-state index contributed by atoms with van der Waals surface area (Å²) in [7, 11) is 1.63. The van der Waals surface area contributed by atoms with Gasteiger partial charge in [0.1, 0.15) is 5.75 Å². The molecule has 3 rings (SSSR count). The van der Waals surface area contributed by atoms with Crippen LogP contribution in [0.4, 0.5) is 5.69 Å². The number of rotatable bonds is 6. The lowest BCUT2D eigenvalue weighted by atomic mass is 10.2. The molecule has 0 saturated carbocycles. The molecule has 0 heterocycles. The van der Waals surface area contributed by atoms with Crippen LogP contribution in [-0.4, -0.2) is 17.1 Å². The Morgan fingerprint density at radius 1 is 0.926 bits per heavy atom. The first-order valence-corrected chi connectivity index (χ1v) is 9.41. The van der Waals surface area contributed by atoms with Gasteiger partial charge in [-0.1, -0.05) is 72.3 Å². The van der Waals surface area contributed by atoms with E-state index in [-0.39, 0.29) is 0 Å². The minimum absolute atomic E-state index is 0.614. The molecule has 0 amide bonds. The van der Waals surface area contributed by atoms with Crippen molar-refractivity contribution in [3.8, 4) is 5.75 Å². The van der Waals surface area contributed by atoms with E-state index in [1.807, 2.05) is 48.5 Å². The third kappa shape index (κ3) is 5.46. The fourth-order valence-corrected chi connectivity index (χ4v) is 3.19. The first kappa shape index (κ1) is 19.2. The summed E-state index contributed by atoms with van der Waals surface area (Å²) in [6.45, 7) is 1.40. The zero-order chi connectivity index (χ0) is 19.1. The summed E-state index contributed by atoms with van der Waals surface area (Å²) in [4.78, 5) is 2.13. The summed E-state index contributed by atoms with van der Waals surface area (Å²) in [6, 6.07) is 26.0. The highest BCUT2D eigenvalue weighted by Crippen LogP contribution is 2.28. The number of halogens is 1. The molecule has 3 nitrogen and oxygen atoms in total. The zero-order valence-corrected chi connectivity index (χ0v) is 16.6. The van der Waals surface area contributed by atoms with E-state index in [2.05, 4.69) is 34.5 Å². The monoisotopic (exact) mass is 396 g/mol. The Kier molecular flexibility index (Phi) is 6.69. The molecule has 0 spiro atoms. The maximum Gasteiger partial charge on any atom is 0.174 e. The predicted molar refractivity (Wildman–Crippen MR) is 116 cm³/mol. The largest absolute Gasteiger partial charge is 0.495 e. The summed E-state index contributed by atoms with van der Waals surface area (Å²) in [5.41, 5.74) is 3.13. The van der Waals surface area contributed by atoms with Crippen molar-refractivity contribution < 1.29 is 4.74 Å². The summed E-state index contributed by atoms with van der Waals surface area (Å²) < 4.78 is 5.42. The highest BCUT2D eigenvalue weighted by atomic mass is 35.5. The van der Waals surface area contributed by atoms with Gasteiger partial charge in [0.05, 0.1) is 12.8 Å². The van der Waals surface area contributed by atoms with Crippen LogP contribution >= 0.6 is 23.8 Å². The van der Waals surface area contributed by atoms with Crippen LogP contribution in [0.15, 0.2) is 78.9 Å². The molecule has 0 aromatic heterocycles. The zero-order valence-electron chi connectivity index (χ0n) is 15.1. The standard InChI is InChI=1S/C22H21ClN2OS/c1-26-21-13-12-19(23)14-20(21)24-22(27)25(15-17-8-4-2-5-9-17)16-18-10-6-3-7-11-18/h2-14H,15-16H2,1H3,(H,24,27). The maximum absolute atomic E-state index is 6.14. The molecule has 27 heavy (non-hydrogen) atoms. The third-order valence-electron chi connectivity index (χ3n) is 4.12. The molecule has 3 aromatic rings. The van der Waals surface area contributed by atoms with Gasteiger partial charge in [-0.3, -0.25) is 0 Å². The van der Waals surface area contributed by atoms with E-state index in [9.17, 15) is 0 Å². The van der Waals surface area contributed by atoms with Crippen LogP contribution in [0.3, 0.4) is 0 Å². The molecule has 1 N–H and O–H groups in total. The van der Waals surface area contributed by atoms with Gasteiger partial charge in [-0.05, 0) is 41.5 Å². The van der Waals surface area contributed by atoms with Gasteiger partial charge in [0.25, 0.3) is 0 Å². The lowest BCUT2D eigenvalue weighted by Crippen LogP contribution is -2.34. The van der Waals surface area contributed by atoms with Crippen molar-refractivity contribution in [1.82, 2.24) is 4.90 Å². The van der Waals surface area contributed by atoms with E-state index in [1.54, 1.807) is 13.2 Å². The first-order valence-electron chi connectivity index (χ1n) is 8.63. The van der Waals surface area contributed by atoms with Gasteiger partial charge in [0.15, 0.2) is 5.11 Å². The van der Waals surface area contributed by atoms with Crippen molar-refractivity contribution in [3.63, 3.8) is 0 Å². The Hall–Kier alpha value is -2.56. The average molecular weight is 397 g/mol. The number of hydrogen-bond donors (Lipinski definition) is 1. The highest BCUT2D eigenvalue weighted by molar-refractivity contribution is 7.80. The van der Waals surface area contributed by atoms with Gasteiger partial charge in [0, 0.05) is 18.1 Å². The van der Waals surface area contributed by atoms with E-state index < -0.39 is 0 Å². The fraction of sp³-hybridized carbons (Fsp3) is 0.136. The Morgan fingerprint density at radius 3 is 2.00 bits per heavy atom. The molecular weight excluding hydrogens is 376 g/mol. The van der Waals surface area contributed by atoms with E-state index >= 15 is 0 Å². The lowest BCUT2D eigenvalue weighted by molar-refractivity contribution is 0.409. The average Bonchev–Trinajstić information content (AvgIpc) is 2.69. The minimum Gasteiger partial charge on any atom is -0.495 e. The van der Waals surface area contributed by atoms with Crippen molar-refractivity contribution >= 4 is 34.6 Å². The maximum atomic E-state index is 6.14. The fourth-order valence-electron chi connectivity index (χ4n) is 2.78. The topological polar surface area (TPSA) is 24.5 Å². The van der Waals surface area contributed by atoms with Crippen molar-refractivity contribution in [2.75, 3.05) is 12.4 Å². The summed E-state index contributed by atoms with van der Waals surface area (Å²) >= 11 is 11.9. The van der Waals surface area contributed by atoms with Crippen LogP contribution < -0.4 is 10.1 Å². The molecule has 0 fully saturated rings. The van der Waals surface area contributed by atoms with Gasteiger partial charge in [-0.25, -0.2) is 0 Å². The number of ether oxygens (including phenoxy) is 1. The van der Waals surface area contributed by atoms with E-state index in [0.29, 0.717) is 29.0 Å². The van der Waals surface area contributed by atoms with Crippen LogP contribution in [-0.2, 0) is 13.1 Å². The van der Waals surface area contributed by atoms with Crippen LogP contribution in [0, 0.1) is 0 Å².